The number of nitro benzene ring substituents is 1. The number of furan rings is 2. The summed E-state index contributed by atoms with van der Waals surface area (Å²) >= 11 is 0. The first-order valence-electron chi connectivity index (χ1n) is 10.6. The fourth-order valence-corrected chi connectivity index (χ4v) is 3.56. The van der Waals surface area contributed by atoms with Crippen molar-refractivity contribution in [3.8, 4) is 0 Å². The van der Waals surface area contributed by atoms with Gasteiger partial charge in [0.15, 0.2) is 5.76 Å². The van der Waals surface area contributed by atoms with Crippen LogP contribution in [0.1, 0.15) is 33.2 Å². The molecule has 0 aliphatic heterocycles. The molecule has 1 amide bonds. The minimum absolute atomic E-state index is 0.00304. The van der Waals surface area contributed by atoms with E-state index in [-0.39, 0.29) is 29.7 Å². The summed E-state index contributed by atoms with van der Waals surface area (Å²) in [4.78, 5) is 25.1. The van der Waals surface area contributed by atoms with E-state index < -0.39 is 4.92 Å². The van der Waals surface area contributed by atoms with Crippen molar-refractivity contribution >= 4 is 11.6 Å². The third-order valence-corrected chi connectivity index (χ3v) is 5.09. The first kappa shape index (κ1) is 22.9. The number of non-ortho nitro benzene ring substituents is 1. The van der Waals surface area contributed by atoms with Gasteiger partial charge in [-0.05, 0) is 47.5 Å². The van der Waals surface area contributed by atoms with E-state index in [4.69, 9.17) is 8.83 Å². The molecular weight excluding hydrogens is 441 g/mol. The Morgan fingerprint density at radius 2 is 1.71 bits per heavy atom. The third kappa shape index (κ3) is 6.17. The van der Waals surface area contributed by atoms with Gasteiger partial charge in [0.1, 0.15) is 17.3 Å². The van der Waals surface area contributed by atoms with Crippen LogP contribution in [-0.4, -0.2) is 15.7 Å². The molecule has 4 rings (SSSR count). The molecule has 1 N–H and O–H groups in total. The van der Waals surface area contributed by atoms with Crippen LogP contribution in [0.2, 0.25) is 0 Å². The van der Waals surface area contributed by atoms with Gasteiger partial charge in [-0.3, -0.25) is 19.8 Å². The molecule has 0 fully saturated rings. The van der Waals surface area contributed by atoms with E-state index >= 15 is 0 Å². The Kier molecular flexibility index (Phi) is 7.14. The molecule has 0 spiro atoms. The summed E-state index contributed by atoms with van der Waals surface area (Å²) in [6.45, 7) is 1.28. The number of nitrogens with zero attached hydrogens (tertiary/aromatic N) is 2. The second-order valence-electron chi connectivity index (χ2n) is 7.73. The van der Waals surface area contributed by atoms with Gasteiger partial charge in [-0.2, -0.15) is 0 Å². The number of benzene rings is 2. The molecule has 0 unspecified atom stereocenters. The lowest BCUT2D eigenvalue weighted by atomic mass is 10.1. The van der Waals surface area contributed by atoms with Crippen molar-refractivity contribution in [3.63, 3.8) is 0 Å². The molecule has 0 aliphatic rings. The van der Waals surface area contributed by atoms with Crippen molar-refractivity contribution in [1.82, 2.24) is 10.2 Å². The minimum atomic E-state index is -0.444. The Bertz CT molecular complexity index is 1270. The lowest BCUT2D eigenvalue weighted by Gasteiger charge is -2.21. The molecular formula is C25H22FN3O5. The highest BCUT2D eigenvalue weighted by atomic mass is 19.1. The molecule has 0 aliphatic carbocycles. The maximum Gasteiger partial charge on any atom is 0.287 e. The van der Waals surface area contributed by atoms with Gasteiger partial charge in [0.05, 0.1) is 24.3 Å². The van der Waals surface area contributed by atoms with E-state index in [2.05, 4.69) is 5.32 Å². The summed E-state index contributed by atoms with van der Waals surface area (Å²) in [5.74, 6) is 0.588. The van der Waals surface area contributed by atoms with Gasteiger partial charge in [-0.25, -0.2) is 4.39 Å². The zero-order valence-corrected chi connectivity index (χ0v) is 18.1. The molecule has 2 aromatic heterocycles. The van der Waals surface area contributed by atoms with Crippen molar-refractivity contribution in [2.75, 3.05) is 0 Å². The zero-order chi connectivity index (χ0) is 23.9. The largest absolute Gasteiger partial charge is 0.467 e. The number of halogens is 1. The van der Waals surface area contributed by atoms with Crippen LogP contribution in [-0.2, 0) is 26.2 Å². The van der Waals surface area contributed by atoms with E-state index in [9.17, 15) is 19.3 Å². The Labute approximate surface area is 194 Å². The number of hydrogen-bond acceptors (Lipinski definition) is 6. The maximum absolute atomic E-state index is 13.7. The summed E-state index contributed by atoms with van der Waals surface area (Å²) < 4.78 is 24.7. The number of carbonyl (C=O) groups is 1. The lowest BCUT2D eigenvalue weighted by Crippen LogP contribution is -2.23. The topological polar surface area (TPSA) is 102 Å². The molecule has 8 nitrogen and oxygen atoms in total. The van der Waals surface area contributed by atoms with E-state index in [0.29, 0.717) is 31.2 Å². The summed E-state index contributed by atoms with van der Waals surface area (Å²) in [6, 6.07) is 19.4. The summed E-state index contributed by atoms with van der Waals surface area (Å²) in [6.07, 6.45) is 1.53. The fourth-order valence-electron chi connectivity index (χ4n) is 3.56. The monoisotopic (exact) mass is 463 g/mol. The van der Waals surface area contributed by atoms with Crippen LogP contribution in [0.15, 0.2) is 87.9 Å². The summed E-state index contributed by atoms with van der Waals surface area (Å²) in [5.41, 5.74) is 1.47. The number of hydrogen-bond donors (Lipinski definition) is 1. The van der Waals surface area contributed by atoms with Gasteiger partial charge in [-0.1, -0.05) is 24.3 Å². The van der Waals surface area contributed by atoms with Crippen molar-refractivity contribution < 1.29 is 22.9 Å². The average Bonchev–Trinajstić information content (AvgIpc) is 3.50. The summed E-state index contributed by atoms with van der Waals surface area (Å²) in [7, 11) is 0. The van der Waals surface area contributed by atoms with E-state index in [0.717, 1.165) is 11.1 Å². The SMILES string of the molecule is O=C(NCc1ccco1)c1ccc(CN(Cc2cccc(F)c2)Cc2cccc([N+](=O)[O-])c2)o1. The third-order valence-electron chi connectivity index (χ3n) is 5.09. The lowest BCUT2D eigenvalue weighted by molar-refractivity contribution is -0.384. The van der Waals surface area contributed by atoms with Crippen LogP contribution >= 0.6 is 0 Å². The molecule has 0 bridgehead atoms. The number of rotatable bonds is 10. The molecule has 34 heavy (non-hydrogen) atoms. The Balaban J connectivity index is 1.48. The first-order valence-corrected chi connectivity index (χ1v) is 10.6. The second kappa shape index (κ2) is 10.6. The van der Waals surface area contributed by atoms with Crippen LogP contribution in [0.4, 0.5) is 10.1 Å². The Hall–Kier alpha value is -4.24. The van der Waals surface area contributed by atoms with Crippen molar-refractivity contribution in [2.24, 2.45) is 0 Å². The molecule has 0 saturated carbocycles. The highest BCUT2D eigenvalue weighted by Gasteiger charge is 2.16. The highest BCUT2D eigenvalue weighted by Crippen LogP contribution is 2.19. The van der Waals surface area contributed by atoms with E-state index in [1.54, 1.807) is 48.5 Å². The molecule has 174 valence electrons. The molecule has 0 saturated heterocycles. The molecule has 9 heteroatoms. The normalized spacial score (nSPS) is 11.0. The summed E-state index contributed by atoms with van der Waals surface area (Å²) in [5, 5.41) is 13.9. The minimum Gasteiger partial charge on any atom is -0.467 e. The van der Waals surface area contributed by atoms with Crippen LogP contribution in [0.3, 0.4) is 0 Å². The van der Waals surface area contributed by atoms with Gasteiger partial charge in [0, 0.05) is 25.2 Å². The predicted molar refractivity (Wildman–Crippen MR) is 121 cm³/mol. The highest BCUT2D eigenvalue weighted by molar-refractivity contribution is 5.91. The van der Waals surface area contributed by atoms with E-state index in [1.807, 2.05) is 4.90 Å². The molecule has 4 aromatic rings. The predicted octanol–water partition coefficient (Wildman–Crippen LogP) is 5.05. The number of nitrogens with one attached hydrogen (secondary N) is 1. The molecule has 2 heterocycles. The van der Waals surface area contributed by atoms with E-state index in [1.165, 1.54) is 30.5 Å². The molecule has 2 aromatic carbocycles. The van der Waals surface area contributed by atoms with Crippen LogP contribution < -0.4 is 5.32 Å². The molecule has 0 radical (unpaired) electrons. The Morgan fingerprint density at radius 3 is 2.41 bits per heavy atom. The van der Waals surface area contributed by atoms with Crippen LogP contribution in [0.5, 0.6) is 0 Å². The quantitative estimate of drug-likeness (QED) is 0.261. The first-order chi connectivity index (χ1) is 16.5. The maximum atomic E-state index is 13.7. The molecule has 0 atom stereocenters. The van der Waals surface area contributed by atoms with Gasteiger partial charge < -0.3 is 14.2 Å². The number of carbonyl (C=O) groups excluding carboxylic acids is 1. The zero-order valence-electron chi connectivity index (χ0n) is 18.1. The Morgan fingerprint density at radius 1 is 0.941 bits per heavy atom. The van der Waals surface area contributed by atoms with Gasteiger partial charge in [-0.15, -0.1) is 0 Å². The smallest absolute Gasteiger partial charge is 0.287 e. The fraction of sp³-hybridized carbons (Fsp3) is 0.160. The second-order valence-corrected chi connectivity index (χ2v) is 7.73. The van der Waals surface area contributed by atoms with Crippen LogP contribution in [0.25, 0.3) is 0 Å². The number of nitro groups is 1. The van der Waals surface area contributed by atoms with Crippen molar-refractivity contribution in [3.05, 3.63) is 123 Å². The average molecular weight is 463 g/mol. The van der Waals surface area contributed by atoms with Crippen molar-refractivity contribution in [2.45, 2.75) is 26.2 Å². The van der Waals surface area contributed by atoms with Crippen molar-refractivity contribution in [1.29, 1.82) is 0 Å². The van der Waals surface area contributed by atoms with Gasteiger partial charge in [0.2, 0.25) is 0 Å². The van der Waals surface area contributed by atoms with Gasteiger partial charge >= 0.3 is 0 Å². The number of amides is 1. The van der Waals surface area contributed by atoms with Crippen LogP contribution in [0, 0.1) is 15.9 Å². The standard InChI is InChI=1S/C25H22FN3O5/c26-20-6-1-4-18(12-20)15-28(16-19-5-2-7-21(13-19)29(31)32)17-23-9-10-24(34-23)25(30)27-14-22-8-3-11-33-22/h1-13H,14-17H2,(H,27,30). The van der Waals surface area contributed by atoms with Gasteiger partial charge in [0.25, 0.3) is 11.6 Å².